The predicted octanol–water partition coefficient (Wildman–Crippen LogP) is 4.04. The SMILES string of the molecule is CCOC(=O)C1=C(CN2CCN(Cc3ccccc3)CC2)N(C)C(=O)N[C@H]1c1ccc(C(F)(F)F)cc1. The summed E-state index contributed by atoms with van der Waals surface area (Å²) >= 11 is 0. The van der Waals surface area contributed by atoms with Crippen LogP contribution in [0.5, 0.6) is 0 Å². The molecule has 2 amide bonds. The summed E-state index contributed by atoms with van der Waals surface area (Å²) < 4.78 is 44.6. The van der Waals surface area contributed by atoms with Crippen LogP contribution in [0.1, 0.15) is 29.7 Å². The van der Waals surface area contributed by atoms with Gasteiger partial charge < -0.3 is 10.1 Å². The Morgan fingerprint density at radius 1 is 0.973 bits per heavy atom. The number of carbonyl (C=O) groups is 2. The number of amides is 2. The Kier molecular flexibility index (Phi) is 8.19. The third-order valence-corrected chi connectivity index (χ3v) is 6.73. The Morgan fingerprint density at radius 2 is 1.57 bits per heavy atom. The van der Waals surface area contributed by atoms with Crippen LogP contribution in [-0.2, 0) is 22.3 Å². The Labute approximate surface area is 214 Å². The van der Waals surface area contributed by atoms with Gasteiger partial charge in [0.05, 0.1) is 23.8 Å². The quantitative estimate of drug-likeness (QED) is 0.563. The molecule has 0 saturated carbocycles. The fourth-order valence-electron chi connectivity index (χ4n) is 4.67. The molecular weight excluding hydrogens is 485 g/mol. The zero-order chi connectivity index (χ0) is 26.6. The summed E-state index contributed by atoms with van der Waals surface area (Å²) in [5.41, 5.74) is 1.54. The van der Waals surface area contributed by atoms with E-state index in [2.05, 4.69) is 27.2 Å². The first-order chi connectivity index (χ1) is 17.7. The first kappa shape index (κ1) is 26.7. The maximum atomic E-state index is 13.1. The largest absolute Gasteiger partial charge is 0.463 e. The second-order valence-corrected chi connectivity index (χ2v) is 9.18. The molecule has 1 atom stereocenters. The van der Waals surface area contributed by atoms with E-state index in [0.717, 1.165) is 44.9 Å². The number of nitrogens with one attached hydrogen (secondary N) is 1. The van der Waals surface area contributed by atoms with Crippen molar-refractivity contribution in [3.8, 4) is 0 Å². The summed E-state index contributed by atoms with van der Waals surface area (Å²) in [6.07, 6.45) is -4.48. The number of likely N-dealkylation sites (N-methyl/N-ethyl adjacent to an activating group) is 1. The molecule has 0 radical (unpaired) electrons. The molecule has 2 heterocycles. The van der Waals surface area contributed by atoms with Crippen LogP contribution < -0.4 is 5.32 Å². The zero-order valence-corrected chi connectivity index (χ0v) is 20.9. The number of hydrogen-bond donors (Lipinski definition) is 1. The molecule has 10 heteroatoms. The van der Waals surface area contributed by atoms with Crippen molar-refractivity contribution in [1.82, 2.24) is 20.0 Å². The minimum atomic E-state index is -4.48. The van der Waals surface area contributed by atoms with Crippen LogP contribution in [0.15, 0.2) is 65.9 Å². The maximum absolute atomic E-state index is 13.1. The number of carbonyl (C=O) groups excluding carboxylic acids is 2. The van der Waals surface area contributed by atoms with Crippen LogP contribution in [-0.4, -0.2) is 73.1 Å². The van der Waals surface area contributed by atoms with Gasteiger partial charge >= 0.3 is 18.2 Å². The van der Waals surface area contributed by atoms with Gasteiger partial charge in [0, 0.05) is 52.0 Å². The van der Waals surface area contributed by atoms with Crippen molar-refractivity contribution < 1.29 is 27.5 Å². The molecule has 0 aromatic heterocycles. The average molecular weight is 517 g/mol. The summed E-state index contributed by atoms with van der Waals surface area (Å²) in [6, 6.07) is 13.4. The summed E-state index contributed by atoms with van der Waals surface area (Å²) in [5.74, 6) is -0.600. The highest BCUT2D eigenvalue weighted by molar-refractivity contribution is 5.95. The number of rotatable bonds is 7. The lowest BCUT2D eigenvalue weighted by Crippen LogP contribution is -2.52. The number of esters is 1. The van der Waals surface area contributed by atoms with Crippen molar-refractivity contribution >= 4 is 12.0 Å². The molecule has 7 nitrogen and oxygen atoms in total. The molecule has 2 aromatic rings. The molecule has 198 valence electrons. The van der Waals surface area contributed by atoms with Crippen LogP contribution >= 0.6 is 0 Å². The number of nitrogens with zero attached hydrogens (tertiary/aromatic N) is 3. The summed E-state index contributed by atoms with van der Waals surface area (Å²) in [7, 11) is 1.58. The number of piperazine rings is 1. The molecule has 0 spiro atoms. The molecule has 1 N–H and O–H groups in total. The number of urea groups is 1. The van der Waals surface area contributed by atoms with Gasteiger partial charge in [-0.05, 0) is 30.2 Å². The first-order valence-corrected chi connectivity index (χ1v) is 12.3. The van der Waals surface area contributed by atoms with E-state index in [1.807, 2.05) is 18.2 Å². The van der Waals surface area contributed by atoms with Gasteiger partial charge in [-0.15, -0.1) is 0 Å². The van der Waals surface area contributed by atoms with Gasteiger partial charge in [-0.2, -0.15) is 13.2 Å². The van der Waals surface area contributed by atoms with Gasteiger partial charge in [-0.3, -0.25) is 14.7 Å². The molecule has 2 aromatic carbocycles. The van der Waals surface area contributed by atoms with Crippen molar-refractivity contribution in [3.63, 3.8) is 0 Å². The fraction of sp³-hybridized carbons (Fsp3) is 0.407. The van der Waals surface area contributed by atoms with E-state index in [4.69, 9.17) is 4.74 Å². The van der Waals surface area contributed by atoms with E-state index in [9.17, 15) is 22.8 Å². The summed E-state index contributed by atoms with van der Waals surface area (Å²) in [6.45, 7) is 6.15. The number of alkyl halides is 3. The maximum Gasteiger partial charge on any atom is 0.416 e. The molecule has 2 aliphatic rings. The minimum Gasteiger partial charge on any atom is -0.463 e. The monoisotopic (exact) mass is 516 g/mol. The topological polar surface area (TPSA) is 65.1 Å². The highest BCUT2D eigenvalue weighted by Gasteiger charge is 2.38. The van der Waals surface area contributed by atoms with Gasteiger partial charge in [-0.1, -0.05) is 42.5 Å². The molecule has 37 heavy (non-hydrogen) atoms. The van der Waals surface area contributed by atoms with E-state index in [1.165, 1.54) is 22.6 Å². The van der Waals surface area contributed by atoms with E-state index >= 15 is 0 Å². The van der Waals surface area contributed by atoms with Gasteiger partial charge in [0.2, 0.25) is 0 Å². The summed E-state index contributed by atoms with van der Waals surface area (Å²) in [4.78, 5) is 31.9. The van der Waals surface area contributed by atoms with Crippen molar-refractivity contribution in [1.29, 1.82) is 0 Å². The molecule has 0 unspecified atom stereocenters. The lowest BCUT2D eigenvalue weighted by atomic mass is 9.93. The molecule has 0 aliphatic carbocycles. The molecule has 1 fully saturated rings. The average Bonchev–Trinajstić information content (AvgIpc) is 2.88. The van der Waals surface area contributed by atoms with Gasteiger partial charge in [0.15, 0.2) is 0 Å². The van der Waals surface area contributed by atoms with Crippen LogP contribution in [0, 0.1) is 0 Å². The predicted molar refractivity (Wildman–Crippen MR) is 132 cm³/mol. The molecule has 1 saturated heterocycles. The first-order valence-electron chi connectivity index (χ1n) is 12.3. The molecular formula is C27H31F3N4O3. The van der Waals surface area contributed by atoms with E-state index in [0.29, 0.717) is 17.8 Å². The van der Waals surface area contributed by atoms with Crippen LogP contribution in [0.4, 0.5) is 18.0 Å². The van der Waals surface area contributed by atoms with Crippen LogP contribution in [0.2, 0.25) is 0 Å². The Bertz CT molecular complexity index is 1130. The van der Waals surface area contributed by atoms with Gasteiger partial charge in [0.1, 0.15) is 0 Å². The van der Waals surface area contributed by atoms with Crippen molar-refractivity contribution in [2.24, 2.45) is 0 Å². The number of ether oxygens (including phenoxy) is 1. The zero-order valence-electron chi connectivity index (χ0n) is 20.9. The highest BCUT2D eigenvalue weighted by Crippen LogP contribution is 2.34. The molecule has 2 aliphatic heterocycles. The number of hydrogen-bond acceptors (Lipinski definition) is 5. The Hall–Kier alpha value is -3.37. The van der Waals surface area contributed by atoms with Crippen molar-refractivity contribution in [3.05, 3.63) is 82.6 Å². The minimum absolute atomic E-state index is 0.130. The van der Waals surface area contributed by atoms with Crippen molar-refractivity contribution in [2.75, 3.05) is 46.4 Å². The van der Waals surface area contributed by atoms with Gasteiger partial charge in [-0.25, -0.2) is 9.59 Å². The highest BCUT2D eigenvalue weighted by atomic mass is 19.4. The smallest absolute Gasteiger partial charge is 0.416 e. The van der Waals surface area contributed by atoms with Gasteiger partial charge in [0.25, 0.3) is 0 Å². The summed E-state index contributed by atoms with van der Waals surface area (Å²) in [5, 5.41) is 2.75. The van der Waals surface area contributed by atoms with E-state index in [-0.39, 0.29) is 12.2 Å². The fourth-order valence-corrected chi connectivity index (χ4v) is 4.67. The van der Waals surface area contributed by atoms with E-state index < -0.39 is 29.8 Å². The Balaban J connectivity index is 1.57. The number of benzene rings is 2. The Morgan fingerprint density at radius 3 is 2.14 bits per heavy atom. The van der Waals surface area contributed by atoms with Crippen LogP contribution in [0.25, 0.3) is 0 Å². The standard InChI is InChI=1S/C27H31F3N4O3/c1-3-37-25(35)23-22(18-34-15-13-33(14-16-34)17-19-7-5-4-6-8-19)32(2)26(36)31-24(23)20-9-11-21(12-10-20)27(28,29)30/h4-12,24H,3,13-18H2,1-2H3,(H,31,36)/t24-/m0/s1. The normalized spacial score (nSPS) is 19.6. The number of halogens is 3. The second-order valence-electron chi connectivity index (χ2n) is 9.18. The van der Waals surface area contributed by atoms with E-state index in [1.54, 1.807) is 14.0 Å². The molecule has 0 bridgehead atoms. The van der Waals surface area contributed by atoms with Crippen LogP contribution in [0.3, 0.4) is 0 Å². The van der Waals surface area contributed by atoms with Crippen molar-refractivity contribution in [2.45, 2.75) is 25.7 Å². The second kappa shape index (κ2) is 11.4. The third kappa shape index (κ3) is 6.31. The lowest BCUT2D eigenvalue weighted by Gasteiger charge is -2.39. The lowest BCUT2D eigenvalue weighted by molar-refractivity contribution is -0.139. The third-order valence-electron chi connectivity index (χ3n) is 6.73. The molecule has 4 rings (SSSR count).